The molecule has 1 aromatic carbocycles. The predicted octanol–water partition coefficient (Wildman–Crippen LogP) is 1.82. The number of aliphatic carboxylic acids is 1. The zero-order valence-electron chi connectivity index (χ0n) is 14.2. The van der Waals surface area contributed by atoms with Gasteiger partial charge in [-0.05, 0) is 18.2 Å². The number of hydrogen-bond donors (Lipinski definition) is 2. The fourth-order valence-corrected chi connectivity index (χ4v) is 3.37. The first kappa shape index (κ1) is 17.7. The largest absolute Gasteiger partial charge is 0.497 e. The highest BCUT2D eigenvalue weighted by molar-refractivity contribution is 7.15. The highest BCUT2D eigenvalue weighted by Gasteiger charge is 2.16. The maximum atomic E-state index is 11.9. The summed E-state index contributed by atoms with van der Waals surface area (Å²) < 4.78 is 12.5. The summed E-state index contributed by atoms with van der Waals surface area (Å²) >= 11 is 1.40. The lowest BCUT2D eigenvalue weighted by Gasteiger charge is -2.08. The van der Waals surface area contributed by atoms with E-state index in [4.69, 9.17) is 14.6 Å². The Bertz CT molecular complexity index is 963. The van der Waals surface area contributed by atoms with Gasteiger partial charge in [0.1, 0.15) is 18.0 Å². The number of thiazole rings is 1. The molecule has 26 heavy (non-hydrogen) atoms. The molecular formula is C17H17N3O5S. The van der Waals surface area contributed by atoms with E-state index >= 15 is 0 Å². The van der Waals surface area contributed by atoms with Crippen LogP contribution in [0.15, 0.2) is 29.8 Å². The molecule has 3 aromatic rings. The lowest BCUT2D eigenvalue weighted by molar-refractivity contribution is -0.137. The van der Waals surface area contributed by atoms with Gasteiger partial charge in [0.05, 0.1) is 26.3 Å². The van der Waals surface area contributed by atoms with Crippen LogP contribution in [0.3, 0.4) is 0 Å². The number of ether oxygens (including phenoxy) is 2. The normalized spacial score (nSPS) is 10.7. The summed E-state index contributed by atoms with van der Waals surface area (Å²) in [7, 11) is 3.17. The highest BCUT2D eigenvalue weighted by atomic mass is 32.1. The number of methoxy groups -OCH3 is 2. The lowest BCUT2D eigenvalue weighted by Crippen LogP contribution is -2.30. The van der Waals surface area contributed by atoms with Crippen molar-refractivity contribution in [1.82, 2.24) is 14.7 Å². The number of carboxylic acids is 1. The Hall–Kier alpha value is -3.07. The number of carbonyl (C=O) groups is 2. The maximum Gasteiger partial charge on any atom is 0.322 e. The average molecular weight is 375 g/mol. The third kappa shape index (κ3) is 3.62. The maximum absolute atomic E-state index is 11.9. The summed E-state index contributed by atoms with van der Waals surface area (Å²) in [6.45, 7) is -0.400. The van der Waals surface area contributed by atoms with E-state index in [0.29, 0.717) is 17.2 Å². The topological polar surface area (TPSA) is 102 Å². The number of rotatable bonds is 7. The van der Waals surface area contributed by atoms with Crippen molar-refractivity contribution in [3.63, 3.8) is 0 Å². The molecule has 0 radical (unpaired) electrons. The molecule has 0 aliphatic heterocycles. The summed E-state index contributed by atoms with van der Waals surface area (Å²) in [6, 6.07) is 5.45. The SMILES string of the molecule is COc1ccc(OC)c(-c2cn3c(CC(=O)NCC(=O)O)csc3n2)c1. The van der Waals surface area contributed by atoms with Crippen LogP contribution in [0, 0.1) is 0 Å². The van der Waals surface area contributed by atoms with Crippen molar-refractivity contribution in [3.05, 3.63) is 35.5 Å². The van der Waals surface area contributed by atoms with E-state index < -0.39 is 12.5 Å². The first-order chi connectivity index (χ1) is 12.5. The molecule has 2 N–H and O–H groups in total. The van der Waals surface area contributed by atoms with Gasteiger partial charge >= 0.3 is 5.97 Å². The molecular weight excluding hydrogens is 358 g/mol. The van der Waals surface area contributed by atoms with E-state index in [1.165, 1.54) is 11.3 Å². The average Bonchev–Trinajstić information content (AvgIpc) is 3.21. The number of benzene rings is 1. The number of fused-ring (bicyclic) bond motifs is 1. The third-order valence-electron chi connectivity index (χ3n) is 3.74. The lowest BCUT2D eigenvalue weighted by atomic mass is 10.1. The molecule has 0 spiro atoms. The zero-order chi connectivity index (χ0) is 18.7. The van der Waals surface area contributed by atoms with E-state index in [-0.39, 0.29) is 12.3 Å². The van der Waals surface area contributed by atoms with Gasteiger partial charge in [-0.3, -0.25) is 14.0 Å². The molecule has 0 saturated carbocycles. The second-order valence-corrected chi connectivity index (χ2v) is 6.26. The van der Waals surface area contributed by atoms with Crippen molar-refractivity contribution in [2.24, 2.45) is 0 Å². The Labute approximate surface area is 153 Å². The van der Waals surface area contributed by atoms with Crippen LogP contribution < -0.4 is 14.8 Å². The van der Waals surface area contributed by atoms with Crippen molar-refractivity contribution in [3.8, 4) is 22.8 Å². The number of nitrogens with zero attached hydrogens (tertiary/aromatic N) is 2. The molecule has 0 bridgehead atoms. The fraction of sp³-hybridized carbons (Fsp3) is 0.235. The van der Waals surface area contributed by atoms with Gasteiger partial charge in [0.25, 0.3) is 0 Å². The zero-order valence-corrected chi connectivity index (χ0v) is 15.0. The van der Waals surface area contributed by atoms with Crippen molar-refractivity contribution >= 4 is 28.2 Å². The number of amides is 1. The van der Waals surface area contributed by atoms with Crippen LogP contribution in [0.1, 0.15) is 5.69 Å². The van der Waals surface area contributed by atoms with Gasteiger partial charge in [0.2, 0.25) is 5.91 Å². The Kier molecular flexibility index (Phi) is 5.08. The van der Waals surface area contributed by atoms with E-state index in [1.54, 1.807) is 20.3 Å². The highest BCUT2D eigenvalue weighted by Crippen LogP contribution is 2.34. The minimum absolute atomic E-state index is 0.0678. The van der Waals surface area contributed by atoms with Crippen molar-refractivity contribution < 1.29 is 24.2 Å². The van der Waals surface area contributed by atoms with Crippen LogP contribution in [-0.2, 0) is 16.0 Å². The van der Waals surface area contributed by atoms with Crippen LogP contribution in [0.2, 0.25) is 0 Å². The monoisotopic (exact) mass is 375 g/mol. The molecule has 0 aliphatic carbocycles. The number of imidazole rings is 1. The second kappa shape index (κ2) is 7.44. The van der Waals surface area contributed by atoms with Gasteiger partial charge in [-0.1, -0.05) is 0 Å². The van der Waals surface area contributed by atoms with Crippen LogP contribution in [0.5, 0.6) is 11.5 Å². The van der Waals surface area contributed by atoms with Crippen molar-refractivity contribution in [2.75, 3.05) is 20.8 Å². The molecule has 3 rings (SSSR count). The third-order valence-corrected chi connectivity index (χ3v) is 4.63. The van der Waals surface area contributed by atoms with Gasteiger partial charge in [0, 0.05) is 22.8 Å². The Morgan fingerprint density at radius 2 is 2.12 bits per heavy atom. The quantitative estimate of drug-likeness (QED) is 0.653. The van der Waals surface area contributed by atoms with Crippen molar-refractivity contribution in [2.45, 2.75) is 6.42 Å². The summed E-state index contributed by atoms with van der Waals surface area (Å²) in [5, 5.41) is 12.8. The molecule has 0 saturated heterocycles. The summed E-state index contributed by atoms with van der Waals surface area (Å²) in [5.74, 6) is -0.0899. The van der Waals surface area contributed by atoms with Crippen molar-refractivity contribution in [1.29, 1.82) is 0 Å². The minimum atomic E-state index is -1.08. The second-order valence-electron chi connectivity index (χ2n) is 5.42. The van der Waals surface area contributed by atoms with E-state index in [1.807, 2.05) is 28.1 Å². The first-order valence-corrected chi connectivity index (χ1v) is 8.56. The van der Waals surface area contributed by atoms with Gasteiger partial charge in [-0.2, -0.15) is 0 Å². The molecule has 0 aliphatic rings. The molecule has 8 nitrogen and oxygen atoms in total. The van der Waals surface area contributed by atoms with E-state index in [9.17, 15) is 9.59 Å². The molecule has 0 unspecified atom stereocenters. The van der Waals surface area contributed by atoms with Gasteiger partial charge < -0.3 is 19.9 Å². The Balaban J connectivity index is 1.90. The van der Waals surface area contributed by atoms with Gasteiger partial charge in [-0.15, -0.1) is 11.3 Å². The molecule has 2 heterocycles. The van der Waals surface area contributed by atoms with Crippen LogP contribution in [-0.4, -0.2) is 47.1 Å². The van der Waals surface area contributed by atoms with Gasteiger partial charge in [0.15, 0.2) is 4.96 Å². The predicted molar refractivity (Wildman–Crippen MR) is 96.0 cm³/mol. The van der Waals surface area contributed by atoms with E-state index in [2.05, 4.69) is 10.3 Å². The summed E-state index contributed by atoms with van der Waals surface area (Å²) in [4.78, 5) is 27.7. The minimum Gasteiger partial charge on any atom is -0.497 e. The summed E-state index contributed by atoms with van der Waals surface area (Å²) in [5.41, 5.74) is 2.21. The number of carbonyl (C=O) groups excluding carboxylic acids is 1. The molecule has 2 aromatic heterocycles. The van der Waals surface area contributed by atoms with Crippen LogP contribution in [0.25, 0.3) is 16.2 Å². The Morgan fingerprint density at radius 1 is 1.31 bits per heavy atom. The number of hydrogen-bond acceptors (Lipinski definition) is 6. The molecule has 136 valence electrons. The standard InChI is InChI=1S/C17H17N3O5S/c1-24-11-3-4-14(25-2)12(6-11)13-8-20-10(9-26-17(20)19-13)5-15(21)18-7-16(22)23/h3-4,6,8-9H,5,7H2,1-2H3,(H,18,21)(H,22,23). The molecule has 0 fully saturated rings. The smallest absolute Gasteiger partial charge is 0.322 e. The molecule has 1 amide bonds. The van der Waals surface area contributed by atoms with Crippen LogP contribution >= 0.6 is 11.3 Å². The van der Waals surface area contributed by atoms with Gasteiger partial charge in [-0.25, -0.2) is 4.98 Å². The number of nitrogens with one attached hydrogen (secondary N) is 1. The molecule has 0 atom stereocenters. The number of aromatic nitrogens is 2. The molecule has 9 heteroatoms. The van der Waals surface area contributed by atoms with Crippen LogP contribution in [0.4, 0.5) is 0 Å². The first-order valence-electron chi connectivity index (χ1n) is 7.68. The Morgan fingerprint density at radius 3 is 2.81 bits per heavy atom. The number of carboxylic acid groups (broad SMARTS) is 1. The fourth-order valence-electron chi connectivity index (χ4n) is 2.50. The van der Waals surface area contributed by atoms with E-state index in [0.717, 1.165) is 16.2 Å². The summed E-state index contributed by atoms with van der Waals surface area (Å²) in [6.07, 6.45) is 1.89.